The van der Waals surface area contributed by atoms with E-state index in [2.05, 4.69) is 11.4 Å². The van der Waals surface area contributed by atoms with Crippen LogP contribution in [-0.2, 0) is 10.2 Å². The normalized spacial score (nSPS) is 25.4. The van der Waals surface area contributed by atoms with Crippen molar-refractivity contribution in [3.63, 3.8) is 0 Å². The van der Waals surface area contributed by atoms with Gasteiger partial charge >= 0.3 is 6.16 Å². The van der Waals surface area contributed by atoms with Gasteiger partial charge in [-0.15, -0.1) is 0 Å². The standard InChI is InChI=1S/C23H22Cl2F2N2O3/c1-22(2,3)10-17-23(11-28,14-8-7-12(24)9-16(14)26)18(20(29-17)32-21(30)31)13-5-4-6-15(25)19(13)27/h4-9,17-18,20,29H,10H2,1-3H3,(H,30,31)/t17-,18-,20+,23-/m0/s1. The van der Waals surface area contributed by atoms with Crippen molar-refractivity contribution in [3.8, 4) is 6.07 Å². The second-order valence-electron chi connectivity index (χ2n) is 9.01. The number of benzene rings is 2. The lowest BCUT2D eigenvalue weighted by Gasteiger charge is -2.37. The molecule has 0 aliphatic carbocycles. The first-order chi connectivity index (χ1) is 14.9. The maximum Gasteiger partial charge on any atom is 0.507 e. The Bertz CT molecular complexity index is 1080. The van der Waals surface area contributed by atoms with E-state index in [1.165, 1.54) is 30.3 Å². The SMILES string of the molecule is CC(C)(C)C[C@@H]1N[C@H](OC(=O)O)[C@H](c2cccc(Cl)c2F)[C@@]1(C#N)c1ccc(Cl)cc1F. The lowest BCUT2D eigenvalue weighted by molar-refractivity contribution is 0.0339. The zero-order valence-electron chi connectivity index (χ0n) is 17.6. The summed E-state index contributed by atoms with van der Waals surface area (Å²) in [6, 6.07) is 9.50. The molecule has 1 heterocycles. The Labute approximate surface area is 194 Å². The molecule has 3 rings (SSSR count). The van der Waals surface area contributed by atoms with Gasteiger partial charge in [0.2, 0.25) is 0 Å². The molecule has 9 heteroatoms. The molecule has 0 amide bonds. The van der Waals surface area contributed by atoms with Gasteiger partial charge in [0.05, 0.1) is 17.0 Å². The first-order valence-corrected chi connectivity index (χ1v) is 10.6. The fraction of sp³-hybridized carbons (Fsp3) is 0.391. The predicted octanol–water partition coefficient (Wildman–Crippen LogP) is 6.25. The number of nitrogens with zero attached hydrogens (tertiary/aromatic N) is 1. The summed E-state index contributed by atoms with van der Waals surface area (Å²) in [5, 5.41) is 22.8. The summed E-state index contributed by atoms with van der Waals surface area (Å²) in [6.45, 7) is 5.78. The van der Waals surface area contributed by atoms with Gasteiger partial charge in [-0.05, 0) is 35.6 Å². The number of hydrogen-bond donors (Lipinski definition) is 2. The maximum atomic E-state index is 15.3. The summed E-state index contributed by atoms with van der Waals surface area (Å²) < 4.78 is 35.5. The summed E-state index contributed by atoms with van der Waals surface area (Å²) in [5.74, 6) is -2.82. The quantitative estimate of drug-likeness (QED) is 0.503. The van der Waals surface area contributed by atoms with Crippen LogP contribution in [0.5, 0.6) is 0 Å². The van der Waals surface area contributed by atoms with E-state index in [9.17, 15) is 15.2 Å². The van der Waals surface area contributed by atoms with Gasteiger partial charge < -0.3 is 9.84 Å². The fourth-order valence-electron chi connectivity index (χ4n) is 4.48. The molecule has 170 valence electrons. The molecule has 2 aromatic carbocycles. The second kappa shape index (κ2) is 8.86. The Morgan fingerprint density at radius 1 is 1.28 bits per heavy atom. The van der Waals surface area contributed by atoms with E-state index in [1.807, 2.05) is 20.8 Å². The number of nitriles is 1. The highest BCUT2D eigenvalue weighted by molar-refractivity contribution is 6.31. The van der Waals surface area contributed by atoms with Crippen molar-refractivity contribution in [2.24, 2.45) is 5.41 Å². The summed E-state index contributed by atoms with van der Waals surface area (Å²) in [6.07, 6.45) is -2.61. The number of halogens is 4. The van der Waals surface area contributed by atoms with Crippen LogP contribution < -0.4 is 5.32 Å². The van der Waals surface area contributed by atoms with Gasteiger partial charge in [-0.3, -0.25) is 5.32 Å². The van der Waals surface area contributed by atoms with Crippen LogP contribution in [-0.4, -0.2) is 23.5 Å². The molecule has 0 radical (unpaired) electrons. The Balaban J connectivity index is 2.36. The molecule has 4 atom stereocenters. The van der Waals surface area contributed by atoms with Crippen LogP contribution in [0.2, 0.25) is 10.0 Å². The van der Waals surface area contributed by atoms with Crippen LogP contribution in [0.4, 0.5) is 13.6 Å². The smallest absolute Gasteiger partial charge is 0.450 e. The minimum absolute atomic E-state index is 0.0352. The molecule has 1 aliphatic rings. The molecule has 0 saturated carbocycles. The van der Waals surface area contributed by atoms with Crippen molar-refractivity contribution in [1.82, 2.24) is 5.32 Å². The van der Waals surface area contributed by atoms with Crippen molar-refractivity contribution in [2.75, 3.05) is 0 Å². The average molecular weight is 483 g/mol. The van der Waals surface area contributed by atoms with E-state index in [0.717, 1.165) is 6.07 Å². The zero-order chi connectivity index (χ0) is 23.8. The molecule has 0 aromatic heterocycles. The van der Waals surface area contributed by atoms with Gasteiger partial charge in [0, 0.05) is 16.6 Å². The number of rotatable bonds is 4. The highest BCUT2D eigenvalue weighted by Crippen LogP contribution is 2.52. The third-order valence-corrected chi connectivity index (χ3v) is 6.16. The van der Waals surface area contributed by atoms with Crippen LogP contribution >= 0.6 is 23.2 Å². The van der Waals surface area contributed by atoms with E-state index >= 15 is 8.78 Å². The third kappa shape index (κ3) is 4.40. The molecule has 2 aromatic rings. The Morgan fingerprint density at radius 2 is 1.97 bits per heavy atom. The molecule has 1 aliphatic heterocycles. The van der Waals surface area contributed by atoms with E-state index < -0.39 is 41.4 Å². The Morgan fingerprint density at radius 3 is 2.53 bits per heavy atom. The van der Waals surface area contributed by atoms with Crippen LogP contribution in [0.3, 0.4) is 0 Å². The van der Waals surface area contributed by atoms with E-state index in [0.29, 0.717) is 6.42 Å². The second-order valence-corrected chi connectivity index (χ2v) is 9.86. The molecule has 0 spiro atoms. The number of ether oxygens (including phenoxy) is 1. The lowest BCUT2D eigenvalue weighted by atomic mass is 9.63. The van der Waals surface area contributed by atoms with Crippen LogP contribution in [0.1, 0.15) is 44.2 Å². The minimum Gasteiger partial charge on any atom is -0.450 e. The molecule has 0 bridgehead atoms. The zero-order valence-corrected chi connectivity index (χ0v) is 19.1. The van der Waals surface area contributed by atoms with Gasteiger partial charge in [-0.2, -0.15) is 5.26 Å². The molecule has 1 saturated heterocycles. The summed E-state index contributed by atoms with van der Waals surface area (Å²) in [5.41, 5.74) is -2.17. The number of nitrogens with one attached hydrogen (secondary N) is 1. The van der Waals surface area contributed by atoms with E-state index in [1.54, 1.807) is 0 Å². The number of hydrogen-bond acceptors (Lipinski definition) is 4. The highest BCUT2D eigenvalue weighted by atomic mass is 35.5. The topological polar surface area (TPSA) is 82.3 Å². The van der Waals surface area contributed by atoms with Crippen LogP contribution in [0, 0.1) is 28.4 Å². The molecule has 32 heavy (non-hydrogen) atoms. The molecule has 2 N–H and O–H groups in total. The summed E-state index contributed by atoms with van der Waals surface area (Å²) in [7, 11) is 0. The number of carbonyl (C=O) groups is 1. The minimum atomic E-state index is -1.73. The predicted molar refractivity (Wildman–Crippen MR) is 117 cm³/mol. The lowest BCUT2D eigenvalue weighted by Crippen LogP contribution is -2.44. The first kappa shape index (κ1) is 24.2. The van der Waals surface area contributed by atoms with Gasteiger partial charge in [0.1, 0.15) is 17.0 Å². The summed E-state index contributed by atoms with van der Waals surface area (Å²) >= 11 is 11.9. The van der Waals surface area contributed by atoms with Crippen molar-refractivity contribution >= 4 is 29.4 Å². The number of carboxylic acid groups (broad SMARTS) is 1. The third-order valence-electron chi connectivity index (χ3n) is 5.63. The van der Waals surface area contributed by atoms with E-state index in [-0.39, 0.29) is 26.6 Å². The molecule has 5 nitrogen and oxygen atoms in total. The van der Waals surface area contributed by atoms with Crippen molar-refractivity contribution in [2.45, 2.75) is 50.8 Å². The highest BCUT2D eigenvalue weighted by Gasteiger charge is 2.61. The van der Waals surface area contributed by atoms with Crippen molar-refractivity contribution in [3.05, 3.63) is 69.2 Å². The Hall–Kier alpha value is -2.40. The maximum absolute atomic E-state index is 15.3. The molecular formula is C23H22Cl2F2N2O3. The van der Waals surface area contributed by atoms with Gasteiger partial charge in [0.15, 0.2) is 6.23 Å². The first-order valence-electron chi connectivity index (χ1n) is 9.87. The fourth-order valence-corrected chi connectivity index (χ4v) is 4.82. The van der Waals surface area contributed by atoms with E-state index in [4.69, 9.17) is 27.9 Å². The largest absolute Gasteiger partial charge is 0.507 e. The van der Waals surface area contributed by atoms with Gasteiger partial charge in [-0.25, -0.2) is 13.6 Å². The molecule has 1 fully saturated rings. The van der Waals surface area contributed by atoms with Gasteiger partial charge in [0.25, 0.3) is 0 Å². The van der Waals surface area contributed by atoms with Crippen LogP contribution in [0.15, 0.2) is 36.4 Å². The summed E-state index contributed by atoms with van der Waals surface area (Å²) in [4.78, 5) is 11.5. The van der Waals surface area contributed by atoms with Crippen molar-refractivity contribution < 1.29 is 23.4 Å². The Kier molecular flexibility index (Phi) is 6.71. The molecule has 0 unspecified atom stereocenters. The van der Waals surface area contributed by atoms with Crippen LogP contribution in [0.25, 0.3) is 0 Å². The van der Waals surface area contributed by atoms with Crippen molar-refractivity contribution in [1.29, 1.82) is 5.26 Å². The molecular weight excluding hydrogens is 461 g/mol. The average Bonchev–Trinajstić information content (AvgIpc) is 2.95. The monoisotopic (exact) mass is 482 g/mol. The van der Waals surface area contributed by atoms with Gasteiger partial charge in [-0.1, -0.05) is 62.2 Å².